The van der Waals surface area contributed by atoms with Gasteiger partial charge in [-0.25, -0.2) is 4.39 Å². The molecule has 0 bridgehead atoms. The molecule has 0 saturated heterocycles. The molecule has 2 aromatic carbocycles. The number of halogens is 2. The molecular weight excluding hydrogens is 413 g/mol. The van der Waals surface area contributed by atoms with Crippen molar-refractivity contribution in [2.75, 3.05) is 5.32 Å². The molecule has 1 amide bonds. The highest BCUT2D eigenvalue weighted by molar-refractivity contribution is 8.00. The van der Waals surface area contributed by atoms with Crippen molar-refractivity contribution in [2.45, 2.75) is 31.0 Å². The van der Waals surface area contributed by atoms with Crippen molar-refractivity contribution in [2.24, 2.45) is 0 Å². The highest BCUT2D eigenvalue weighted by Crippen LogP contribution is 2.26. The average Bonchev–Trinajstić information content (AvgIpc) is 2.67. The summed E-state index contributed by atoms with van der Waals surface area (Å²) in [6.07, 6.45) is 0. The molecule has 0 aliphatic heterocycles. The fraction of sp³-hybridized carbons (Fsp3) is 0.190. The summed E-state index contributed by atoms with van der Waals surface area (Å²) in [5.41, 5.74) is 2.91. The van der Waals surface area contributed by atoms with Crippen molar-refractivity contribution < 1.29 is 9.18 Å². The molecule has 29 heavy (non-hydrogen) atoms. The first-order chi connectivity index (χ1) is 13.7. The van der Waals surface area contributed by atoms with Gasteiger partial charge in [-0.2, -0.15) is 9.78 Å². The smallest absolute Gasteiger partial charge is 0.271 e. The second kappa shape index (κ2) is 8.80. The molecule has 5 nitrogen and oxygen atoms in total. The molecule has 1 heterocycles. The van der Waals surface area contributed by atoms with E-state index < -0.39 is 11.1 Å². The summed E-state index contributed by atoms with van der Waals surface area (Å²) in [7, 11) is 0. The minimum absolute atomic E-state index is 0.122. The zero-order valence-electron chi connectivity index (χ0n) is 16.1. The van der Waals surface area contributed by atoms with E-state index in [-0.39, 0.29) is 16.5 Å². The van der Waals surface area contributed by atoms with Crippen molar-refractivity contribution >= 4 is 35.0 Å². The molecule has 3 rings (SSSR count). The number of benzene rings is 2. The topological polar surface area (TPSA) is 64.0 Å². The van der Waals surface area contributed by atoms with E-state index in [1.165, 1.54) is 34.6 Å². The van der Waals surface area contributed by atoms with Gasteiger partial charge in [-0.3, -0.25) is 9.59 Å². The van der Waals surface area contributed by atoms with E-state index in [1.54, 1.807) is 13.0 Å². The van der Waals surface area contributed by atoms with Gasteiger partial charge in [0.05, 0.1) is 21.6 Å². The molecule has 1 atom stereocenters. The van der Waals surface area contributed by atoms with Crippen LogP contribution >= 0.6 is 23.4 Å². The molecule has 8 heteroatoms. The third-order valence-corrected chi connectivity index (χ3v) is 5.71. The number of amides is 1. The minimum Gasteiger partial charge on any atom is -0.324 e. The number of nitrogens with zero attached hydrogens (tertiary/aromatic N) is 2. The van der Waals surface area contributed by atoms with Crippen LogP contribution in [0.3, 0.4) is 0 Å². The number of thioether (sulfide) groups is 1. The van der Waals surface area contributed by atoms with Gasteiger partial charge in [0.2, 0.25) is 5.91 Å². The SMILES string of the molecule is Cc1ccc(-n2nc(S[C@H](C)C(=O)Nc3ccc(F)cc3Cl)ccc2=O)cc1C. The van der Waals surface area contributed by atoms with Crippen molar-refractivity contribution in [1.29, 1.82) is 0 Å². The fourth-order valence-electron chi connectivity index (χ4n) is 2.56. The van der Waals surface area contributed by atoms with Crippen molar-refractivity contribution in [1.82, 2.24) is 9.78 Å². The zero-order valence-corrected chi connectivity index (χ0v) is 17.6. The van der Waals surface area contributed by atoms with E-state index in [0.29, 0.717) is 16.4 Å². The van der Waals surface area contributed by atoms with E-state index in [9.17, 15) is 14.0 Å². The van der Waals surface area contributed by atoms with Gasteiger partial charge in [0.25, 0.3) is 5.56 Å². The zero-order chi connectivity index (χ0) is 21.1. The van der Waals surface area contributed by atoms with Crippen LogP contribution in [-0.4, -0.2) is 20.9 Å². The van der Waals surface area contributed by atoms with Crippen molar-refractivity contribution in [3.8, 4) is 5.69 Å². The third kappa shape index (κ3) is 5.05. The lowest BCUT2D eigenvalue weighted by molar-refractivity contribution is -0.115. The highest BCUT2D eigenvalue weighted by atomic mass is 35.5. The van der Waals surface area contributed by atoms with Crippen LogP contribution in [0.5, 0.6) is 0 Å². The van der Waals surface area contributed by atoms with Gasteiger partial charge in [0, 0.05) is 6.07 Å². The number of hydrogen-bond donors (Lipinski definition) is 1. The molecule has 150 valence electrons. The molecule has 0 aliphatic rings. The first kappa shape index (κ1) is 21.1. The number of nitrogens with one attached hydrogen (secondary N) is 1. The van der Waals surface area contributed by atoms with Crippen LogP contribution in [0.15, 0.2) is 58.4 Å². The Kier molecular flexibility index (Phi) is 6.39. The Bertz CT molecular complexity index is 1130. The first-order valence-electron chi connectivity index (χ1n) is 8.85. The first-order valence-corrected chi connectivity index (χ1v) is 10.1. The van der Waals surface area contributed by atoms with Crippen LogP contribution in [0.4, 0.5) is 10.1 Å². The Morgan fingerprint density at radius 2 is 1.90 bits per heavy atom. The van der Waals surface area contributed by atoms with Crippen molar-refractivity contribution in [3.05, 3.63) is 80.9 Å². The second-order valence-corrected chi connectivity index (χ2v) is 8.33. The summed E-state index contributed by atoms with van der Waals surface area (Å²) in [6, 6.07) is 12.4. The van der Waals surface area contributed by atoms with Crippen LogP contribution in [0.2, 0.25) is 5.02 Å². The number of aryl methyl sites for hydroxylation is 2. The summed E-state index contributed by atoms with van der Waals surface area (Å²) in [6.45, 7) is 5.68. The maximum Gasteiger partial charge on any atom is 0.271 e. The monoisotopic (exact) mass is 431 g/mol. The minimum atomic E-state index is -0.519. The van der Waals surface area contributed by atoms with Gasteiger partial charge in [0.15, 0.2) is 0 Å². The number of hydrogen-bond acceptors (Lipinski definition) is 4. The Balaban J connectivity index is 1.78. The van der Waals surface area contributed by atoms with Gasteiger partial charge in [-0.15, -0.1) is 0 Å². The van der Waals surface area contributed by atoms with Gasteiger partial charge in [0.1, 0.15) is 10.8 Å². The third-order valence-electron chi connectivity index (χ3n) is 4.37. The van der Waals surface area contributed by atoms with E-state index in [2.05, 4.69) is 10.4 Å². The molecule has 0 spiro atoms. The van der Waals surface area contributed by atoms with Crippen LogP contribution in [0.25, 0.3) is 5.69 Å². The van der Waals surface area contributed by atoms with Crippen LogP contribution < -0.4 is 10.9 Å². The standard InChI is InChI=1S/C21H19ClFN3O2S/c1-12-4-6-16(10-13(12)2)26-20(27)9-8-19(25-26)29-14(3)21(28)24-18-7-5-15(23)11-17(18)22/h4-11,14H,1-3H3,(H,24,28)/t14-/m1/s1. The van der Waals surface area contributed by atoms with Gasteiger partial charge in [-0.1, -0.05) is 29.4 Å². The molecule has 1 aromatic heterocycles. The summed E-state index contributed by atoms with van der Waals surface area (Å²) < 4.78 is 14.5. The number of rotatable bonds is 5. The summed E-state index contributed by atoms with van der Waals surface area (Å²) in [5.74, 6) is -0.789. The lowest BCUT2D eigenvalue weighted by Crippen LogP contribution is -2.24. The number of aromatic nitrogens is 2. The molecule has 1 N–H and O–H groups in total. The number of carbonyl (C=O) groups is 1. The Labute approximate surface area is 176 Å². The molecule has 3 aromatic rings. The van der Waals surface area contributed by atoms with E-state index in [4.69, 9.17) is 11.6 Å². The van der Waals surface area contributed by atoms with E-state index in [1.807, 2.05) is 32.0 Å². The van der Waals surface area contributed by atoms with E-state index >= 15 is 0 Å². The highest BCUT2D eigenvalue weighted by Gasteiger charge is 2.17. The lowest BCUT2D eigenvalue weighted by Gasteiger charge is -2.13. The molecule has 0 unspecified atom stereocenters. The lowest BCUT2D eigenvalue weighted by atomic mass is 10.1. The Morgan fingerprint density at radius 3 is 2.59 bits per heavy atom. The fourth-order valence-corrected chi connectivity index (χ4v) is 3.58. The Morgan fingerprint density at radius 1 is 1.14 bits per heavy atom. The summed E-state index contributed by atoms with van der Waals surface area (Å²) >= 11 is 7.16. The van der Waals surface area contributed by atoms with Crippen LogP contribution in [0.1, 0.15) is 18.1 Å². The summed E-state index contributed by atoms with van der Waals surface area (Å²) in [5, 5.41) is 7.18. The van der Waals surface area contributed by atoms with Crippen LogP contribution in [0, 0.1) is 19.7 Å². The normalized spacial score (nSPS) is 11.9. The van der Waals surface area contributed by atoms with Gasteiger partial charge in [-0.05, 0) is 68.3 Å². The largest absolute Gasteiger partial charge is 0.324 e. The van der Waals surface area contributed by atoms with Gasteiger partial charge < -0.3 is 5.32 Å². The maximum atomic E-state index is 13.2. The quantitative estimate of drug-likeness (QED) is 0.591. The predicted molar refractivity (Wildman–Crippen MR) is 115 cm³/mol. The number of anilines is 1. The van der Waals surface area contributed by atoms with Gasteiger partial charge >= 0.3 is 0 Å². The average molecular weight is 432 g/mol. The predicted octanol–water partition coefficient (Wildman–Crippen LogP) is 4.76. The number of carbonyl (C=O) groups excluding carboxylic acids is 1. The van der Waals surface area contributed by atoms with E-state index in [0.717, 1.165) is 17.2 Å². The van der Waals surface area contributed by atoms with Crippen molar-refractivity contribution in [3.63, 3.8) is 0 Å². The molecule has 0 aliphatic carbocycles. The molecule has 0 radical (unpaired) electrons. The molecule has 0 fully saturated rings. The Hall–Kier alpha value is -2.64. The molecule has 0 saturated carbocycles. The summed E-state index contributed by atoms with van der Waals surface area (Å²) in [4.78, 5) is 24.7. The molecular formula is C21H19ClFN3O2S. The maximum absolute atomic E-state index is 13.2. The second-order valence-electron chi connectivity index (χ2n) is 6.56. The van der Waals surface area contributed by atoms with Crippen LogP contribution in [-0.2, 0) is 4.79 Å².